The first-order valence-corrected chi connectivity index (χ1v) is 10.6. The summed E-state index contributed by atoms with van der Waals surface area (Å²) in [6, 6.07) is 10.9. The Bertz CT molecular complexity index is 1020. The lowest BCUT2D eigenvalue weighted by molar-refractivity contribution is -0.127. The third-order valence-corrected chi connectivity index (χ3v) is 5.59. The summed E-state index contributed by atoms with van der Waals surface area (Å²) < 4.78 is 11.0. The Balaban J connectivity index is 1.50. The number of carbonyl (C=O) groups is 3. The average molecular weight is 443 g/mol. The molecule has 8 heteroatoms. The number of hydrogen-bond donors (Lipinski definition) is 1. The van der Waals surface area contributed by atoms with Crippen molar-refractivity contribution in [1.82, 2.24) is 5.32 Å². The molecule has 0 spiro atoms. The number of nitrogens with zero attached hydrogens (tertiary/aromatic N) is 1. The second-order valence-electron chi connectivity index (χ2n) is 7.77. The predicted octanol–water partition coefficient (Wildman–Crippen LogP) is 3.24. The van der Waals surface area contributed by atoms with Gasteiger partial charge in [-0.3, -0.25) is 19.3 Å². The van der Waals surface area contributed by atoms with Gasteiger partial charge in [-0.25, -0.2) is 0 Å². The number of ketones is 1. The predicted molar refractivity (Wildman–Crippen MR) is 116 cm³/mol. The van der Waals surface area contributed by atoms with Crippen LogP contribution in [0.4, 0.5) is 5.69 Å². The van der Waals surface area contributed by atoms with Crippen molar-refractivity contribution < 1.29 is 23.9 Å². The number of nitrogens with one attached hydrogen (secondary N) is 1. The number of halogens is 1. The Kier molecular flexibility index (Phi) is 6.13. The first-order chi connectivity index (χ1) is 14.9. The number of carbonyl (C=O) groups excluding carboxylic acids is 3. The van der Waals surface area contributed by atoms with E-state index in [9.17, 15) is 14.4 Å². The summed E-state index contributed by atoms with van der Waals surface area (Å²) in [6.07, 6.45) is 2.24. The normalized spacial score (nSPS) is 16.2. The number of Topliss-reactive ketones (excluding diaryl/α,β-unsaturated/α-hetero) is 1. The Morgan fingerprint density at radius 3 is 2.81 bits per heavy atom. The first kappa shape index (κ1) is 21.2. The van der Waals surface area contributed by atoms with Crippen LogP contribution in [0.3, 0.4) is 0 Å². The van der Waals surface area contributed by atoms with Crippen molar-refractivity contribution in [3.8, 4) is 11.5 Å². The number of anilines is 1. The minimum atomic E-state index is -0.720. The number of benzene rings is 2. The lowest BCUT2D eigenvalue weighted by atomic mass is 10.1. The van der Waals surface area contributed by atoms with Gasteiger partial charge >= 0.3 is 0 Å². The minimum absolute atomic E-state index is 0.154. The molecule has 0 unspecified atom stereocenters. The zero-order valence-corrected chi connectivity index (χ0v) is 17.9. The molecule has 2 aliphatic rings. The number of fused-ring (bicyclic) bond motifs is 1. The lowest BCUT2D eigenvalue weighted by Crippen LogP contribution is -2.51. The van der Waals surface area contributed by atoms with Crippen molar-refractivity contribution in [2.45, 2.75) is 25.8 Å². The Labute approximate surface area is 185 Å². The third kappa shape index (κ3) is 4.99. The van der Waals surface area contributed by atoms with Gasteiger partial charge in [0.15, 0.2) is 19.0 Å². The van der Waals surface area contributed by atoms with E-state index in [1.807, 2.05) is 0 Å². The van der Waals surface area contributed by atoms with Crippen molar-refractivity contribution in [2.24, 2.45) is 5.92 Å². The van der Waals surface area contributed by atoms with E-state index in [2.05, 4.69) is 5.32 Å². The maximum atomic E-state index is 12.7. The van der Waals surface area contributed by atoms with Crippen LogP contribution in [0.15, 0.2) is 42.5 Å². The van der Waals surface area contributed by atoms with E-state index in [4.69, 9.17) is 21.1 Å². The van der Waals surface area contributed by atoms with Gasteiger partial charge in [-0.1, -0.05) is 17.7 Å². The Morgan fingerprint density at radius 2 is 2.06 bits per heavy atom. The van der Waals surface area contributed by atoms with Crippen LogP contribution < -0.4 is 19.7 Å². The minimum Gasteiger partial charge on any atom is -0.485 e. The molecule has 162 valence electrons. The summed E-state index contributed by atoms with van der Waals surface area (Å²) >= 11 is 5.94. The molecule has 2 aromatic carbocycles. The van der Waals surface area contributed by atoms with Crippen molar-refractivity contribution in [2.75, 3.05) is 24.7 Å². The van der Waals surface area contributed by atoms with Crippen LogP contribution in [-0.2, 0) is 9.59 Å². The molecule has 2 amide bonds. The van der Waals surface area contributed by atoms with Gasteiger partial charge < -0.3 is 14.8 Å². The molecule has 1 fully saturated rings. The number of rotatable bonds is 8. The smallest absolute Gasteiger partial charge is 0.265 e. The van der Waals surface area contributed by atoms with Crippen LogP contribution in [-0.4, -0.2) is 43.4 Å². The third-order valence-electron chi connectivity index (χ3n) is 5.35. The van der Waals surface area contributed by atoms with Crippen LogP contribution in [0.5, 0.6) is 11.5 Å². The topological polar surface area (TPSA) is 84.9 Å². The molecular formula is C23H23ClN2O5. The van der Waals surface area contributed by atoms with Gasteiger partial charge in [-0.15, -0.1) is 0 Å². The van der Waals surface area contributed by atoms with Gasteiger partial charge in [-0.2, -0.15) is 0 Å². The molecule has 0 radical (unpaired) electrons. The van der Waals surface area contributed by atoms with E-state index in [-0.39, 0.29) is 30.8 Å². The van der Waals surface area contributed by atoms with Crippen LogP contribution in [0, 0.1) is 5.92 Å². The molecule has 1 atom stereocenters. The molecule has 1 heterocycles. The fourth-order valence-corrected chi connectivity index (χ4v) is 3.57. The standard InChI is InChI=1S/C23H23ClN2O5/c1-14(23(29)25-11-15-5-6-15)26-19-9-16(7-8-21(19)31-13-22(26)28)20(27)12-30-18-4-2-3-17(24)10-18/h2-4,7-10,14-15H,5-6,11-13H2,1H3,(H,25,29)/t14-/m0/s1. The first-order valence-electron chi connectivity index (χ1n) is 10.2. The van der Waals surface area contributed by atoms with E-state index in [1.54, 1.807) is 49.4 Å². The molecule has 2 aromatic rings. The average Bonchev–Trinajstić information content (AvgIpc) is 3.59. The Hall–Kier alpha value is -3.06. The molecule has 7 nitrogen and oxygen atoms in total. The second-order valence-corrected chi connectivity index (χ2v) is 8.21. The fourth-order valence-electron chi connectivity index (χ4n) is 3.39. The van der Waals surface area contributed by atoms with Gasteiger partial charge in [-0.05, 0) is 62.1 Å². The molecular weight excluding hydrogens is 420 g/mol. The molecule has 0 bridgehead atoms. The van der Waals surface area contributed by atoms with Crippen LogP contribution in [0.2, 0.25) is 5.02 Å². The maximum Gasteiger partial charge on any atom is 0.265 e. The molecule has 1 N–H and O–H groups in total. The van der Waals surface area contributed by atoms with E-state index in [0.717, 1.165) is 12.8 Å². The summed E-state index contributed by atoms with van der Waals surface area (Å²) in [5.41, 5.74) is 0.758. The molecule has 1 saturated carbocycles. The highest BCUT2D eigenvalue weighted by molar-refractivity contribution is 6.30. The van der Waals surface area contributed by atoms with Gasteiger partial charge in [0.2, 0.25) is 5.91 Å². The van der Waals surface area contributed by atoms with E-state index < -0.39 is 6.04 Å². The summed E-state index contributed by atoms with van der Waals surface area (Å²) in [5, 5.41) is 3.41. The van der Waals surface area contributed by atoms with Crippen LogP contribution in [0.1, 0.15) is 30.1 Å². The quantitative estimate of drug-likeness (QED) is 0.634. The highest BCUT2D eigenvalue weighted by atomic mass is 35.5. The van der Waals surface area contributed by atoms with E-state index in [0.29, 0.717) is 40.2 Å². The highest BCUT2D eigenvalue weighted by Crippen LogP contribution is 2.35. The van der Waals surface area contributed by atoms with Gasteiger partial charge in [0.05, 0.1) is 5.69 Å². The molecule has 1 aliphatic heterocycles. The van der Waals surface area contributed by atoms with Gasteiger partial charge in [0.25, 0.3) is 5.91 Å². The number of ether oxygens (including phenoxy) is 2. The van der Waals surface area contributed by atoms with Crippen molar-refractivity contribution >= 4 is 34.9 Å². The monoisotopic (exact) mass is 442 g/mol. The van der Waals surface area contributed by atoms with Gasteiger partial charge in [0, 0.05) is 17.1 Å². The maximum absolute atomic E-state index is 12.7. The zero-order valence-electron chi connectivity index (χ0n) is 17.1. The van der Waals surface area contributed by atoms with Crippen molar-refractivity contribution in [3.05, 3.63) is 53.1 Å². The van der Waals surface area contributed by atoms with Crippen LogP contribution in [0.25, 0.3) is 0 Å². The lowest BCUT2D eigenvalue weighted by Gasteiger charge is -2.33. The number of amides is 2. The summed E-state index contributed by atoms with van der Waals surface area (Å²) in [4.78, 5) is 39.2. The Morgan fingerprint density at radius 1 is 1.26 bits per heavy atom. The van der Waals surface area contributed by atoms with Crippen molar-refractivity contribution in [1.29, 1.82) is 0 Å². The molecule has 0 aromatic heterocycles. The van der Waals surface area contributed by atoms with Crippen LogP contribution >= 0.6 is 11.6 Å². The summed E-state index contributed by atoms with van der Waals surface area (Å²) in [5.74, 6) is 0.642. The van der Waals surface area contributed by atoms with Gasteiger partial charge in [0.1, 0.15) is 17.5 Å². The fraction of sp³-hybridized carbons (Fsp3) is 0.348. The molecule has 1 aliphatic carbocycles. The second kappa shape index (κ2) is 8.98. The zero-order chi connectivity index (χ0) is 22.0. The summed E-state index contributed by atoms with van der Waals surface area (Å²) in [6.45, 7) is 1.95. The number of hydrogen-bond acceptors (Lipinski definition) is 5. The molecule has 4 rings (SSSR count). The highest BCUT2D eigenvalue weighted by Gasteiger charge is 2.34. The largest absolute Gasteiger partial charge is 0.485 e. The SMILES string of the molecule is C[C@@H](C(=O)NCC1CC1)N1C(=O)COc2ccc(C(=O)COc3cccc(Cl)c3)cc21. The molecule has 0 saturated heterocycles. The van der Waals surface area contributed by atoms with E-state index >= 15 is 0 Å². The van der Waals surface area contributed by atoms with E-state index in [1.165, 1.54) is 4.90 Å². The van der Waals surface area contributed by atoms with Crippen molar-refractivity contribution in [3.63, 3.8) is 0 Å². The summed E-state index contributed by atoms with van der Waals surface area (Å²) in [7, 11) is 0. The molecule has 31 heavy (non-hydrogen) atoms.